The van der Waals surface area contributed by atoms with Crippen LogP contribution in [0.4, 0.5) is 0 Å². The number of hydrogen-bond acceptors (Lipinski definition) is 4. The first-order valence-electron chi connectivity index (χ1n) is 11.2. The van der Waals surface area contributed by atoms with Crippen molar-refractivity contribution in [3.63, 3.8) is 0 Å². The molecule has 1 saturated carbocycles. The third kappa shape index (κ3) is 7.79. The molecule has 0 spiro atoms. The molecule has 1 amide bonds. The summed E-state index contributed by atoms with van der Waals surface area (Å²) >= 11 is 0. The fraction of sp³-hybridized carbons (Fsp3) is 0.520. The van der Waals surface area contributed by atoms with Gasteiger partial charge in [0.1, 0.15) is 18.5 Å². The smallest absolute Gasteiger partial charge is 0.220 e. The van der Waals surface area contributed by atoms with Crippen LogP contribution < -0.4 is 10.1 Å². The first kappa shape index (κ1) is 22.3. The molecule has 30 heavy (non-hydrogen) atoms. The normalized spacial score (nSPS) is 17.6. The van der Waals surface area contributed by atoms with E-state index in [9.17, 15) is 14.7 Å². The second kappa shape index (κ2) is 11.7. The highest BCUT2D eigenvalue weighted by Crippen LogP contribution is 2.28. The van der Waals surface area contributed by atoms with Crippen LogP contribution in [0.15, 0.2) is 53.6 Å². The predicted octanol–water partition coefficient (Wildman–Crippen LogP) is 4.26. The molecule has 162 valence electrons. The van der Waals surface area contributed by atoms with E-state index in [4.69, 9.17) is 4.74 Å². The van der Waals surface area contributed by atoms with Crippen LogP contribution in [0.2, 0.25) is 0 Å². The van der Waals surface area contributed by atoms with Crippen molar-refractivity contribution in [3.8, 4) is 5.75 Å². The van der Waals surface area contributed by atoms with E-state index in [0.29, 0.717) is 18.9 Å². The van der Waals surface area contributed by atoms with Gasteiger partial charge in [0.2, 0.25) is 5.91 Å². The lowest BCUT2D eigenvalue weighted by atomic mass is 10.0. The molecule has 3 rings (SSSR count). The van der Waals surface area contributed by atoms with Crippen molar-refractivity contribution in [3.05, 3.63) is 53.6 Å². The molecule has 0 unspecified atom stereocenters. The first-order chi connectivity index (χ1) is 14.6. The molecule has 5 nitrogen and oxygen atoms in total. The average molecular weight is 412 g/mol. The molecule has 0 heterocycles. The Morgan fingerprint density at radius 2 is 1.90 bits per heavy atom. The standard InChI is InChI=1S/C25H33NO4/c27-21(18-30-22-8-4-3-5-9-22)16-12-19-13-17-24(28)23(19)10-6-1-2-7-11-25(29)26-20-14-15-20/h3-5,8-9,12,16,20-21,27H,1-2,6-7,10-11,13-15,17-18H2,(H,26,29)/b16-12+/t21-/m1/s1. The number of aliphatic hydroxyl groups is 1. The number of Topliss-reactive ketones (excluding diaryl/α,β-unsaturated/α-hetero) is 1. The highest BCUT2D eigenvalue weighted by atomic mass is 16.5. The zero-order valence-corrected chi connectivity index (χ0v) is 17.6. The topological polar surface area (TPSA) is 75.6 Å². The van der Waals surface area contributed by atoms with E-state index < -0.39 is 6.10 Å². The third-order valence-electron chi connectivity index (χ3n) is 5.55. The molecule has 1 atom stereocenters. The highest BCUT2D eigenvalue weighted by molar-refractivity contribution is 5.99. The van der Waals surface area contributed by atoms with E-state index >= 15 is 0 Å². The minimum absolute atomic E-state index is 0.174. The molecule has 1 fully saturated rings. The molecule has 0 aromatic heterocycles. The van der Waals surface area contributed by atoms with Crippen molar-refractivity contribution >= 4 is 11.7 Å². The third-order valence-corrected chi connectivity index (χ3v) is 5.55. The molecule has 2 N–H and O–H groups in total. The van der Waals surface area contributed by atoms with Crippen LogP contribution in [-0.4, -0.2) is 35.5 Å². The number of benzene rings is 1. The Balaban J connectivity index is 1.36. The highest BCUT2D eigenvalue weighted by Gasteiger charge is 2.23. The number of carbonyl (C=O) groups is 2. The fourth-order valence-corrected chi connectivity index (χ4v) is 3.66. The van der Waals surface area contributed by atoms with Crippen molar-refractivity contribution < 1.29 is 19.4 Å². The summed E-state index contributed by atoms with van der Waals surface area (Å²) in [6.45, 7) is 0.186. The number of rotatable bonds is 13. The number of amides is 1. The van der Waals surface area contributed by atoms with Gasteiger partial charge in [0.05, 0.1) is 0 Å². The molecular formula is C25H33NO4. The lowest BCUT2D eigenvalue weighted by Gasteiger charge is -2.09. The Kier molecular flexibility index (Phi) is 8.69. The lowest BCUT2D eigenvalue weighted by Crippen LogP contribution is -2.24. The van der Waals surface area contributed by atoms with Gasteiger partial charge in [0, 0.05) is 18.9 Å². The van der Waals surface area contributed by atoms with Crippen molar-refractivity contribution in [1.82, 2.24) is 5.32 Å². The van der Waals surface area contributed by atoms with Crippen LogP contribution >= 0.6 is 0 Å². The predicted molar refractivity (Wildman–Crippen MR) is 117 cm³/mol. The van der Waals surface area contributed by atoms with Crippen molar-refractivity contribution in [2.45, 2.75) is 76.4 Å². The first-order valence-corrected chi connectivity index (χ1v) is 11.2. The van der Waals surface area contributed by atoms with E-state index in [-0.39, 0.29) is 18.3 Å². The molecule has 5 heteroatoms. The van der Waals surface area contributed by atoms with Crippen LogP contribution in [0.3, 0.4) is 0 Å². The van der Waals surface area contributed by atoms with Gasteiger partial charge in [-0.25, -0.2) is 0 Å². The van der Waals surface area contributed by atoms with Crippen molar-refractivity contribution in [2.75, 3.05) is 6.61 Å². The monoisotopic (exact) mass is 411 g/mol. The van der Waals surface area contributed by atoms with E-state index in [1.807, 2.05) is 36.4 Å². The fourth-order valence-electron chi connectivity index (χ4n) is 3.66. The van der Waals surface area contributed by atoms with Crippen LogP contribution in [0.1, 0.15) is 64.2 Å². The summed E-state index contributed by atoms with van der Waals surface area (Å²) in [7, 11) is 0. The molecule has 0 saturated heterocycles. The lowest BCUT2D eigenvalue weighted by molar-refractivity contribution is -0.121. The largest absolute Gasteiger partial charge is 0.491 e. The summed E-state index contributed by atoms with van der Waals surface area (Å²) in [6.07, 6.45) is 11.8. The average Bonchev–Trinajstić information content (AvgIpc) is 3.50. The summed E-state index contributed by atoms with van der Waals surface area (Å²) in [6, 6.07) is 9.84. The van der Waals surface area contributed by atoms with Gasteiger partial charge in [0.15, 0.2) is 5.78 Å². The molecule has 2 aliphatic rings. The Hall–Kier alpha value is -2.40. The van der Waals surface area contributed by atoms with Gasteiger partial charge in [0.25, 0.3) is 0 Å². The van der Waals surface area contributed by atoms with E-state index in [2.05, 4.69) is 5.32 Å². The second-order valence-corrected chi connectivity index (χ2v) is 8.23. The second-order valence-electron chi connectivity index (χ2n) is 8.23. The zero-order valence-electron chi connectivity index (χ0n) is 17.6. The van der Waals surface area contributed by atoms with Gasteiger partial charge in [-0.2, -0.15) is 0 Å². The Bertz CT molecular complexity index is 765. The Labute approximate surface area is 179 Å². The maximum absolute atomic E-state index is 12.2. The van der Waals surface area contributed by atoms with Crippen molar-refractivity contribution in [1.29, 1.82) is 0 Å². The summed E-state index contributed by atoms with van der Waals surface area (Å²) in [4.78, 5) is 23.9. The van der Waals surface area contributed by atoms with Gasteiger partial charge in [-0.15, -0.1) is 0 Å². The summed E-state index contributed by atoms with van der Waals surface area (Å²) in [5, 5.41) is 13.2. The number of ketones is 1. The number of hydrogen-bond donors (Lipinski definition) is 2. The summed E-state index contributed by atoms with van der Waals surface area (Å²) < 4.78 is 5.56. The van der Waals surface area contributed by atoms with Gasteiger partial charge in [-0.1, -0.05) is 43.2 Å². The van der Waals surface area contributed by atoms with Crippen LogP contribution in [-0.2, 0) is 9.59 Å². The van der Waals surface area contributed by atoms with E-state index in [0.717, 1.165) is 68.3 Å². The SMILES string of the molecule is O=C(CCCCCCC1=C(/C=C/[C@@H](O)COc2ccccc2)CCC1=O)NC1CC1. The minimum atomic E-state index is -0.712. The van der Waals surface area contributed by atoms with Gasteiger partial charge >= 0.3 is 0 Å². The Morgan fingerprint density at radius 1 is 1.13 bits per heavy atom. The summed E-state index contributed by atoms with van der Waals surface area (Å²) in [5.41, 5.74) is 1.96. The molecule has 2 aliphatic carbocycles. The maximum Gasteiger partial charge on any atom is 0.220 e. The van der Waals surface area contributed by atoms with Crippen LogP contribution in [0.5, 0.6) is 5.75 Å². The van der Waals surface area contributed by atoms with Crippen molar-refractivity contribution in [2.24, 2.45) is 0 Å². The summed E-state index contributed by atoms with van der Waals surface area (Å²) in [5.74, 6) is 1.13. The van der Waals surface area contributed by atoms with Gasteiger partial charge in [-0.3, -0.25) is 9.59 Å². The van der Waals surface area contributed by atoms with Gasteiger partial charge < -0.3 is 15.2 Å². The quantitative estimate of drug-likeness (QED) is 0.476. The number of ether oxygens (including phenoxy) is 1. The molecule has 1 aromatic rings. The maximum atomic E-state index is 12.2. The zero-order chi connectivity index (χ0) is 21.2. The van der Waals surface area contributed by atoms with E-state index in [1.165, 1.54) is 0 Å². The van der Waals surface area contributed by atoms with E-state index in [1.54, 1.807) is 6.08 Å². The molecule has 1 aromatic carbocycles. The number of nitrogens with one attached hydrogen (secondary N) is 1. The minimum Gasteiger partial charge on any atom is -0.491 e. The molecule has 0 bridgehead atoms. The molecule has 0 aliphatic heterocycles. The molecule has 0 radical (unpaired) electrons. The number of carbonyl (C=O) groups excluding carboxylic acids is 2. The number of allylic oxidation sites excluding steroid dienone is 3. The Morgan fingerprint density at radius 3 is 2.67 bits per heavy atom. The number of para-hydroxylation sites is 1. The van der Waals surface area contributed by atoms with Gasteiger partial charge in [-0.05, 0) is 61.8 Å². The number of aliphatic hydroxyl groups excluding tert-OH is 1. The van der Waals surface area contributed by atoms with Crippen LogP contribution in [0, 0.1) is 0 Å². The number of unbranched alkanes of at least 4 members (excludes halogenated alkanes) is 3. The molecular weight excluding hydrogens is 378 g/mol. The van der Waals surface area contributed by atoms with Crippen LogP contribution in [0.25, 0.3) is 0 Å².